The van der Waals surface area contributed by atoms with Crippen LogP contribution in [0.5, 0.6) is 0 Å². The van der Waals surface area contributed by atoms with E-state index in [2.05, 4.69) is 23.7 Å². The molecule has 1 N–H and O–H groups in total. The minimum atomic E-state index is -0.763. The molecule has 2 aromatic carbocycles. The minimum absolute atomic E-state index is 0.763. The molecular formula is C20H16O. The van der Waals surface area contributed by atoms with Crippen LogP contribution in [0.25, 0.3) is 0 Å². The maximum atomic E-state index is 9.84. The van der Waals surface area contributed by atoms with E-state index in [0.29, 0.717) is 0 Å². The van der Waals surface area contributed by atoms with Gasteiger partial charge in [0.25, 0.3) is 0 Å². The molecule has 0 aliphatic carbocycles. The molecule has 0 amide bonds. The number of benzene rings is 2. The first-order chi connectivity index (χ1) is 10.3. The van der Waals surface area contributed by atoms with Crippen molar-refractivity contribution in [3.63, 3.8) is 0 Å². The molecule has 0 bridgehead atoms. The van der Waals surface area contributed by atoms with Gasteiger partial charge >= 0.3 is 0 Å². The SMILES string of the molecule is Cc1ccc(C#C/C=C\C#CC(O)c2ccccc2)cc1. The summed E-state index contributed by atoms with van der Waals surface area (Å²) in [6, 6.07) is 17.4. The van der Waals surface area contributed by atoms with Gasteiger partial charge < -0.3 is 5.11 Å². The first kappa shape index (κ1) is 14.7. The zero-order valence-electron chi connectivity index (χ0n) is 11.9. The van der Waals surface area contributed by atoms with Crippen LogP contribution in [0, 0.1) is 30.6 Å². The van der Waals surface area contributed by atoms with Crippen molar-refractivity contribution < 1.29 is 5.11 Å². The van der Waals surface area contributed by atoms with E-state index in [9.17, 15) is 5.11 Å². The van der Waals surface area contributed by atoms with Crippen molar-refractivity contribution in [3.05, 3.63) is 83.4 Å². The zero-order chi connectivity index (χ0) is 14.9. The third-order valence-corrected chi connectivity index (χ3v) is 2.85. The highest BCUT2D eigenvalue weighted by Gasteiger charge is 1.99. The molecule has 0 aromatic heterocycles. The largest absolute Gasteiger partial charge is 0.376 e. The van der Waals surface area contributed by atoms with E-state index in [1.807, 2.05) is 61.5 Å². The van der Waals surface area contributed by atoms with E-state index in [-0.39, 0.29) is 0 Å². The van der Waals surface area contributed by atoms with Crippen LogP contribution < -0.4 is 0 Å². The molecule has 0 saturated heterocycles. The summed E-state index contributed by atoms with van der Waals surface area (Å²) in [7, 11) is 0. The van der Waals surface area contributed by atoms with Crippen LogP contribution in [0.3, 0.4) is 0 Å². The number of hydrogen-bond acceptors (Lipinski definition) is 1. The smallest absolute Gasteiger partial charge is 0.140 e. The zero-order valence-corrected chi connectivity index (χ0v) is 11.9. The molecule has 1 atom stereocenters. The topological polar surface area (TPSA) is 20.2 Å². The molecular weight excluding hydrogens is 256 g/mol. The van der Waals surface area contributed by atoms with Gasteiger partial charge in [-0.2, -0.15) is 0 Å². The van der Waals surface area contributed by atoms with Crippen LogP contribution in [0.1, 0.15) is 22.8 Å². The highest BCUT2D eigenvalue weighted by Crippen LogP contribution is 2.09. The molecule has 2 aromatic rings. The fraction of sp³-hybridized carbons (Fsp3) is 0.100. The van der Waals surface area contributed by atoms with Crippen LogP contribution in [0.4, 0.5) is 0 Å². The van der Waals surface area contributed by atoms with Crippen molar-refractivity contribution in [1.82, 2.24) is 0 Å². The van der Waals surface area contributed by atoms with Gasteiger partial charge in [0.05, 0.1) is 0 Å². The molecule has 0 aliphatic heterocycles. The lowest BCUT2D eigenvalue weighted by molar-refractivity contribution is 0.238. The third-order valence-electron chi connectivity index (χ3n) is 2.85. The first-order valence-electron chi connectivity index (χ1n) is 6.73. The molecule has 1 nitrogen and oxygen atoms in total. The van der Waals surface area contributed by atoms with Crippen LogP contribution in [0.15, 0.2) is 66.7 Å². The van der Waals surface area contributed by atoms with Gasteiger partial charge in [0.2, 0.25) is 0 Å². The van der Waals surface area contributed by atoms with E-state index in [1.165, 1.54) is 5.56 Å². The molecule has 0 radical (unpaired) electrons. The standard InChI is InChI=1S/C20H16O/c1-17-13-15-18(16-14-17)9-5-2-3-8-12-20(21)19-10-6-4-7-11-19/h2-4,6-7,10-11,13-16,20-21H,1H3/b3-2-. The van der Waals surface area contributed by atoms with Gasteiger partial charge in [0, 0.05) is 5.56 Å². The second kappa shape index (κ2) is 7.75. The van der Waals surface area contributed by atoms with E-state index in [4.69, 9.17) is 0 Å². The monoisotopic (exact) mass is 272 g/mol. The number of aliphatic hydroxyl groups is 1. The molecule has 0 spiro atoms. The Kier molecular flexibility index (Phi) is 5.41. The van der Waals surface area contributed by atoms with Crippen molar-refractivity contribution in [2.75, 3.05) is 0 Å². The second-order valence-electron chi connectivity index (χ2n) is 4.57. The number of hydrogen-bond donors (Lipinski definition) is 1. The van der Waals surface area contributed by atoms with Gasteiger partial charge in [-0.3, -0.25) is 0 Å². The lowest BCUT2D eigenvalue weighted by Crippen LogP contribution is -1.91. The summed E-state index contributed by atoms with van der Waals surface area (Å²) in [6.07, 6.45) is 2.57. The highest BCUT2D eigenvalue weighted by molar-refractivity contribution is 5.39. The fourth-order valence-corrected chi connectivity index (χ4v) is 1.69. The summed E-state index contributed by atoms with van der Waals surface area (Å²) in [4.78, 5) is 0. The summed E-state index contributed by atoms with van der Waals surface area (Å²) in [5.74, 6) is 11.5. The van der Waals surface area contributed by atoms with Crippen molar-refractivity contribution in [3.8, 4) is 23.7 Å². The van der Waals surface area contributed by atoms with E-state index in [1.54, 1.807) is 12.2 Å². The normalized spacial score (nSPS) is 11.1. The second-order valence-corrected chi connectivity index (χ2v) is 4.57. The molecule has 2 rings (SSSR count). The van der Waals surface area contributed by atoms with Crippen molar-refractivity contribution in [2.24, 2.45) is 0 Å². The maximum Gasteiger partial charge on any atom is 0.140 e. The van der Waals surface area contributed by atoms with Crippen LogP contribution in [-0.4, -0.2) is 5.11 Å². The Labute approximate surface area is 126 Å². The van der Waals surface area contributed by atoms with E-state index < -0.39 is 6.10 Å². The number of allylic oxidation sites excluding steroid dienone is 2. The van der Waals surface area contributed by atoms with Gasteiger partial charge in [0.1, 0.15) is 6.10 Å². The van der Waals surface area contributed by atoms with Crippen molar-refractivity contribution in [1.29, 1.82) is 0 Å². The number of rotatable bonds is 1. The molecule has 1 unspecified atom stereocenters. The van der Waals surface area contributed by atoms with Crippen LogP contribution in [0.2, 0.25) is 0 Å². The maximum absolute atomic E-state index is 9.84. The quantitative estimate of drug-likeness (QED) is 0.786. The molecule has 0 aliphatic rings. The Morgan fingerprint density at radius 2 is 1.57 bits per heavy atom. The number of aryl methyl sites for hydroxylation is 1. The van der Waals surface area contributed by atoms with Crippen LogP contribution >= 0.6 is 0 Å². The fourth-order valence-electron chi connectivity index (χ4n) is 1.69. The molecule has 0 heterocycles. The summed E-state index contributed by atoms with van der Waals surface area (Å²) in [5, 5.41) is 9.84. The minimum Gasteiger partial charge on any atom is -0.376 e. The molecule has 0 saturated carbocycles. The Morgan fingerprint density at radius 3 is 2.29 bits per heavy atom. The summed E-state index contributed by atoms with van der Waals surface area (Å²) < 4.78 is 0. The van der Waals surface area contributed by atoms with Crippen molar-refractivity contribution >= 4 is 0 Å². The molecule has 102 valence electrons. The third kappa shape index (κ3) is 5.03. The van der Waals surface area contributed by atoms with E-state index >= 15 is 0 Å². The van der Waals surface area contributed by atoms with Gasteiger partial charge in [-0.25, -0.2) is 0 Å². The van der Waals surface area contributed by atoms with Gasteiger partial charge in [-0.05, 0) is 36.8 Å². The lowest BCUT2D eigenvalue weighted by atomic mass is 10.1. The highest BCUT2D eigenvalue weighted by atomic mass is 16.3. The van der Waals surface area contributed by atoms with E-state index in [0.717, 1.165) is 11.1 Å². The van der Waals surface area contributed by atoms with Gasteiger partial charge in [-0.1, -0.05) is 71.7 Å². The van der Waals surface area contributed by atoms with Crippen molar-refractivity contribution in [2.45, 2.75) is 13.0 Å². The summed E-state index contributed by atoms with van der Waals surface area (Å²) in [5.41, 5.74) is 2.99. The Balaban J connectivity index is 1.92. The van der Waals surface area contributed by atoms with Crippen LogP contribution in [-0.2, 0) is 0 Å². The first-order valence-corrected chi connectivity index (χ1v) is 6.73. The molecule has 1 heteroatoms. The predicted molar refractivity (Wildman–Crippen MR) is 86.4 cm³/mol. The Bertz CT molecular complexity index is 717. The molecule has 21 heavy (non-hydrogen) atoms. The molecule has 0 fully saturated rings. The summed E-state index contributed by atoms with van der Waals surface area (Å²) >= 11 is 0. The van der Waals surface area contributed by atoms with Gasteiger partial charge in [-0.15, -0.1) is 0 Å². The average Bonchev–Trinajstić information content (AvgIpc) is 2.53. The Hall–Kier alpha value is -2.74. The van der Waals surface area contributed by atoms with Gasteiger partial charge in [0.15, 0.2) is 0 Å². The number of aliphatic hydroxyl groups excluding tert-OH is 1. The lowest BCUT2D eigenvalue weighted by Gasteiger charge is -2.01. The summed E-state index contributed by atoms with van der Waals surface area (Å²) in [6.45, 7) is 2.05. The average molecular weight is 272 g/mol. The predicted octanol–water partition coefficient (Wildman–Crippen LogP) is 3.64. The Morgan fingerprint density at radius 1 is 0.905 bits per heavy atom.